The second-order valence-electron chi connectivity index (χ2n) is 6.45. The molecule has 1 N–H and O–H groups in total. The topological polar surface area (TPSA) is 116 Å². The smallest absolute Gasteiger partial charge is 0.456 e. The van der Waals surface area contributed by atoms with Crippen LogP contribution < -0.4 is 4.74 Å². The van der Waals surface area contributed by atoms with E-state index in [1.165, 1.54) is 11.8 Å². The Balaban J connectivity index is 1.51. The number of carbonyl (C=O) groups excluding carboxylic acids is 2. The van der Waals surface area contributed by atoms with Gasteiger partial charge in [0.25, 0.3) is 5.79 Å². The summed E-state index contributed by atoms with van der Waals surface area (Å²) in [6, 6.07) is 5.07. The molecule has 3 heterocycles. The lowest BCUT2D eigenvalue weighted by Gasteiger charge is -2.41. The van der Waals surface area contributed by atoms with Crippen LogP contribution in [-0.2, 0) is 24.4 Å². The van der Waals surface area contributed by atoms with Gasteiger partial charge in [0.1, 0.15) is 17.4 Å². The molecule has 0 aliphatic carbocycles. The Morgan fingerprint density at radius 3 is 2.71 bits per heavy atom. The first-order chi connectivity index (χ1) is 12.9. The average Bonchev–Trinajstić information content (AvgIpc) is 3.10. The average molecular weight is 548 g/mol. The van der Waals surface area contributed by atoms with E-state index in [9.17, 15) is 26.8 Å². The molecule has 1 aromatic rings. The SMILES string of the molecule is O=C1OC2(CC3SC2CC3OC(=O)C(F)(F)S(=O)(=O)O)Oc2cccc(I)c21. The van der Waals surface area contributed by atoms with Gasteiger partial charge in [-0.1, -0.05) is 6.07 Å². The third-order valence-corrected chi connectivity index (χ3v) is 8.14. The minimum Gasteiger partial charge on any atom is -0.456 e. The molecule has 0 radical (unpaired) electrons. The zero-order chi connectivity index (χ0) is 20.5. The highest BCUT2D eigenvalue weighted by Gasteiger charge is 2.64. The van der Waals surface area contributed by atoms with Crippen LogP contribution in [0, 0.1) is 3.57 Å². The Bertz CT molecular complexity index is 984. The Morgan fingerprint density at radius 2 is 2.11 bits per heavy atom. The first-order valence-electron chi connectivity index (χ1n) is 7.87. The number of rotatable bonds is 3. The van der Waals surface area contributed by atoms with Crippen molar-refractivity contribution in [1.82, 2.24) is 0 Å². The third kappa shape index (κ3) is 2.97. The molecule has 1 aromatic carbocycles. The van der Waals surface area contributed by atoms with Gasteiger partial charge >= 0.3 is 27.3 Å². The third-order valence-electron chi connectivity index (χ3n) is 4.72. The largest absolute Gasteiger partial charge is 0.465 e. The summed E-state index contributed by atoms with van der Waals surface area (Å²) in [6.45, 7) is 0. The molecule has 2 bridgehead atoms. The fraction of sp³-hybridized carbons (Fsp3) is 0.467. The highest BCUT2D eigenvalue weighted by Crippen LogP contribution is 2.56. The molecule has 3 aliphatic rings. The summed E-state index contributed by atoms with van der Waals surface area (Å²) in [7, 11) is -5.94. The number of esters is 2. The van der Waals surface area contributed by atoms with Crippen LogP contribution >= 0.6 is 34.4 Å². The van der Waals surface area contributed by atoms with Crippen LogP contribution in [0.2, 0.25) is 0 Å². The van der Waals surface area contributed by atoms with Crippen molar-refractivity contribution in [3.05, 3.63) is 27.3 Å². The van der Waals surface area contributed by atoms with E-state index in [1.807, 2.05) is 22.6 Å². The van der Waals surface area contributed by atoms with Crippen LogP contribution in [0.4, 0.5) is 8.78 Å². The van der Waals surface area contributed by atoms with Crippen molar-refractivity contribution in [1.29, 1.82) is 0 Å². The Labute approximate surface area is 175 Å². The number of hydrogen-bond donors (Lipinski definition) is 1. The second-order valence-corrected chi connectivity index (χ2v) is 10.5. The van der Waals surface area contributed by atoms with Crippen LogP contribution in [0.15, 0.2) is 18.2 Å². The maximum atomic E-state index is 13.4. The van der Waals surface area contributed by atoms with Gasteiger partial charge in [-0.25, -0.2) is 9.59 Å². The zero-order valence-corrected chi connectivity index (χ0v) is 17.4. The fourth-order valence-corrected chi connectivity index (χ4v) is 6.19. The molecular formula is C15H11F2IO8S2. The van der Waals surface area contributed by atoms with Gasteiger partial charge in [0.15, 0.2) is 0 Å². The standard InChI is InChI=1S/C15H11F2IO8S2/c16-15(17,28(21,22)23)13(20)24-8-4-10-14(5-9(8)27-10)25-7-3-1-2-6(18)11(7)12(19)26-14/h1-3,8-10H,4-5H2,(H,21,22,23). The number of ether oxygens (including phenoxy) is 3. The quantitative estimate of drug-likeness (QED) is 0.345. The van der Waals surface area contributed by atoms with Gasteiger partial charge in [-0.05, 0) is 34.7 Å². The lowest BCUT2D eigenvalue weighted by molar-refractivity contribution is -0.185. The first-order valence-corrected chi connectivity index (χ1v) is 11.3. The molecule has 2 fully saturated rings. The van der Waals surface area contributed by atoms with Gasteiger partial charge in [-0.2, -0.15) is 17.2 Å². The lowest BCUT2D eigenvalue weighted by atomic mass is 9.90. The Morgan fingerprint density at radius 1 is 1.39 bits per heavy atom. The van der Waals surface area contributed by atoms with Gasteiger partial charge in [-0.3, -0.25) is 4.55 Å². The van der Waals surface area contributed by atoms with Gasteiger partial charge in [0.2, 0.25) is 0 Å². The summed E-state index contributed by atoms with van der Waals surface area (Å²) >= 11 is 3.23. The minimum absolute atomic E-state index is 0.0230. The number of hydrogen-bond acceptors (Lipinski definition) is 8. The van der Waals surface area contributed by atoms with Gasteiger partial charge < -0.3 is 14.2 Å². The van der Waals surface area contributed by atoms with Crippen molar-refractivity contribution in [3.63, 3.8) is 0 Å². The second kappa shape index (κ2) is 6.40. The number of fused-ring (bicyclic) bond motifs is 4. The number of carbonyl (C=O) groups is 2. The number of alkyl halides is 2. The summed E-state index contributed by atoms with van der Waals surface area (Å²) in [5.41, 5.74) is 0.303. The maximum absolute atomic E-state index is 13.4. The van der Waals surface area contributed by atoms with Crippen LogP contribution in [0.5, 0.6) is 5.75 Å². The van der Waals surface area contributed by atoms with Crippen molar-refractivity contribution >= 4 is 56.4 Å². The summed E-state index contributed by atoms with van der Waals surface area (Å²) < 4.78 is 73.4. The molecule has 1 spiro atoms. The van der Waals surface area contributed by atoms with Crippen molar-refractivity contribution in [3.8, 4) is 5.75 Å². The summed E-state index contributed by atoms with van der Waals surface area (Å²) in [5, 5.41) is -6.09. The molecule has 4 rings (SSSR count). The minimum atomic E-state index is -5.94. The van der Waals surface area contributed by atoms with E-state index in [0.717, 1.165) is 0 Å². The highest BCUT2D eigenvalue weighted by molar-refractivity contribution is 14.1. The lowest BCUT2D eigenvalue weighted by Crippen LogP contribution is -2.54. The fourth-order valence-electron chi connectivity index (χ4n) is 3.44. The van der Waals surface area contributed by atoms with E-state index >= 15 is 0 Å². The van der Waals surface area contributed by atoms with Crippen molar-refractivity contribution in [2.45, 2.75) is 40.5 Å². The molecular weight excluding hydrogens is 537 g/mol. The van der Waals surface area contributed by atoms with Crippen LogP contribution in [-0.4, -0.2) is 52.6 Å². The normalized spacial score (nSPS) is 31.3. The molecule has 152 valence electrons. The summed E-state index contributed by atoms with van der Waals surface area (Å²) in [4.78, 5) is 24.0. The molecule has 4 atom stereocenters. The monoisotopic (exact) mass is 548 g/mol. The van der Waals surface area contributed by atoms with Crippen LogP contribution in [0.1, 0.15) is 23.2 Å². The summed E-state index contributed by atoms with van der Waals surface area (Å²) in [6.07, 6.45) is -0.927. The van der Waals surface area contributed by atoms with Crippen LogP contribution in [0.3, 0.4) is 0 Å². The molecule has 13 heteroatoms. The van der Waals surface area contributed by atoms with E-state index < -0.39 is 49.7 Å². The molecule has 4 unspecified atom stereocenters. The highest BCUT2D eigenvalue weighted by atomic mass is 127. The predicted octanol–water partition coefficient (Wildman–Crippen LogP) is 2.21. The van der Waals surface area contributed by atoms with Gasteiger partial charge in [0.05, 0.1) is 5.25 Å². The zero-order valence-electron chi connectivity index (χ0n) is 13.6. The molecule has 0 saturated carbocycles. The van der Waals surface area contributed by atoms with Crippen molar-refractivity contribution < 1.29 is 45.6 Å². The molecule has 3 aliphatic heterocycles. The maximum Gasteiger partial charge on any atom is 0.465 e. The molecule has 0 amide bonds. The van der Waals surface area contributed by atoms with E-state index in [0.29, 0.717) is 14.9 Å². The van der Waals surface area contributed by atoms with E-state index in [-0.39, 0.29) is 12.8 Å². The number of thioether (sulfide) groups is 1. The first kappa shape index (κ1) is 20.1. The molecule has 8 nitrogen and oxygen atoms in total. The van der Waals surface area contributed by atoms with E-state index in [1.54, 1.807) is 18.2 Å². The Kier molecular flexibility index (Phi) is 4.60. The van der Waals surface area contributed by atoms with Gasteiger partial charge in [-0.15, -0.1) is 11.8 Å². The molecule has 2 saturated heterocycles. The van der Waals surface area contributed by atoms with E-state index in [4.69, 9.17) is 14.0 Å². The van der Waals surface area contributed by atoms with E-state index in [2.05, 4.69) is 4.74 Å². The summed E-state index contributed by atoms with van der Waals surface area (Å²) in [5.74, 6) is -3.87. The predicted molar refractivity (Wildman–Crippen MR) is 98.7 cm³/mol. The molecule has 0 aromatic heterocycles. The van der Waals surface area contributed by atoms with Crippen molar-refractivity contribution in [2.24, 2.45) is 0 Å². The number of benzene rings is 1. The molecule has 28 heavy (non-hydrogen) atoms. The number of halogens is 3. The van der Waals surface area contributed by atoms with Crippen molar-refractivity contribution in [2.75, 3.05) is 0 Å². The van der Waals surface area contributed by atoms with Gasteiger partial charge in [0, 0.05) is 21.7 Å². The van der Waals surface area contributed by atoms with Crippen LogP contribution in [0.25, 0.3) is 0 Å². The Hall–Kier alpha value is -1.19.